The van der Waals surface area contributed by atoms with Crippen LogP contribution in [-0.2, 0) is 10.0 Å². The molecule has 0 aliphatic heterocycles. The van der Waals surface area contributed by atoms with Crippen LogP contribution < -0.4 is 4.31 Å². The quantitative estimate of drug-likeness (QED) is 0.742. The number of benzene rings is 1. The number of carbonyl (C=O) groups is 1. The fourth-order valence-corrected chi connectivity index (χ4v) is 4.31. The van der Waals surface area contributed by atoms with E-state index < -0.39 is 16.0 Å². The molecule has 9 heteroatoms. The minimum absolute atomic E-state index is 0.0865. The number of aromatic nitrogens is 1. The molecule has 1 N–H and O–H groups in total. The van der Waals surface area contributed by atoms with Crippen LogP contribution in [-0.4, -0.2) is 30.9 Å². The number of carboxylic acid groups (broad SMARTS) is 1. The van der Waals surface area contributed by atoms with Crippen molar-refractivity contribution in [3.05, 3.63) is 39.1 Å². The van der Waals surface area contributed by atoms with Crippen LogP contribution in [0.4, 0.5) is 5.00 Å². The summed E-state index contributed by atoms with van der Waals surface area (Å²) in [5.74, 6) is -1.19. The van der Waals surface area contributed by atoms with Crippen molar-refractivity contribution in [2.45, 2.75) is 11.8 Å². The Morgan fingerprint density at radius 3 is 2.43 bits per heavy atom. The Morgan fingerprint density at radius 1 is 1.33 bits per heavy atom. The number of rotatable bonds is 4. The largest absolute Gasteiger partial charge is 0.478 e. The number of sulfonamides is 1. The Morgan fingerprint density at radius 2 is 1.90 bits per heavy atom. The van der Waals surface area contributed by atoms with Crippen LogP contribution >= 0.6 is 34.1 Å². The van der Waals surface area contributed by atoms with Crippen molar-refractivity contribution in [1.82, 2.24) is 4.37 Å². The van der Waals surface area contributed by atoms with Crippen LogP contribution in [0.25, 0.3) is 0 Å². The summed E-state index contributed by atoms with van der Waals surface area (Å²) in [5.41, 5.74) is 0.212. The summed E-state index contributed by atoms with van der Waals surface area (Å²) in [5, 5.41) is 9.30. The zero-order chi connectivity index (χ0) is 15.8. The van der Waals surface area contributed by atoms with E-state index in [1.54, 1.807) is 12.1 Å². The second-order valence-corrected chi connectivity index (χ2v) is 8.15. The number of hydrogen-bond acceptors (Lipinski definition) is 5. The van der Waals surface area contributed by atoms with Gasteiger partial charge in [0.05, 0.1) is 10.6 Å². The van der Waals surface area contributed by atoms with Gasteiger partial charge in [-0.25, -0.2) is 13.2 Å². The van der Waals surface area contributed by atoms with E-state index in [1.165, 1.54) is 26.1 Å². The Kier molecular flexibility index (Phi) is 4.54. The maximum Gasteiger partial charge on any atom is 0.340 e. The number of aryl methyl sites for hydroxylation is 1. The van der Waals surface area contributed by atoms with Gasteiger partial charge in [0, 0.05) is 10.6 Å². The first-order chi connectivity index (χ1) is 9.75. The van der Waals surface area contributed by atoms with Crippen molar-refractivity contribution in [2.24, 2.45) is 0 Å². The Bertz CT molecular complexity index is 784. The van der Waals surface area contributed by atoms with Gasteiger partial charge in [-0.05, 0) is 65.3 Å². The van der Waals surface area contributed by atoms with Crippen molar-refractivity contribution in [3.8, 4) is 0 Å². The van der Waals surface area contributed by atoms with Gasteiger partial charge in [0.1, 0.15) is 10.6 Å². The number of halogens is 1. The Hall–Kier alpha value is -1.20. The third kappa shape index (κ3) is 3.04. The van der Waals surface area contributed by atoms with E-state index >= 15 is 0 Å². The highest BCUT2D eigenvalue weighted by Gasteiger charge is 2.28. The minimum Gasteiger partial charge on any atom is -0.478 e. The first-order valence-electron chi connectivity index (χ1n) is 5.69. The lowest BCUT2D eigenvalue weighted by molar-refractivity contribution is 0.0697. The minimum atomic E-state index is -3.81. The van der Waals surface area contributed by atoms with Crippen LogP contribution in [0.3, 0.4) is 0 Å². The topological polar surface area (TPSA) is 87.6 Å². The average Bonchev–Trinajstić information content (AvgIpc) is 2.80. The maximum absolute atomic E-state index is 12.5. The molecule has 0 atom stereocenters. The van der Waals surface area contributed by atoms with E-state index in [9.17, 15) is 18.3 Å². The highest BCUT2D eigenvalue weighted by molar-refractivity contribution is 14.1. The number of carboxylic acids is 1. The molecule has 112 valence electrons. The van der Waals surface area contributed by atoms with Crippen LogP contribution in [0, 0.1) is 10.5 Å². The molecule has 1 heterocycles. The predicted octanol–water partition coefficient (Wildman–Crippen LogP) is 2.58. The van der Waals surface area contributed by atoms with Gasteiger partial charge in [0.2, 0.25) is 0 Å². The van der Waals surface area contributed by atoms with Gasteiger partial charge in [0.25, 0.3) is 10.0 Å². The van der Waals surface area contributed by atoms with Crippen molar-refractivity contribution >= 4 is 55.1 Å². The lowest BCUT2D eigenvalue weighted by Crippen LogP contribution is -2.27. The first-order valence-corrected chi connectivity index (χ1v) is 8.98. The summed E-state index contributed by atoms with van der Waals surface area (Å²) in [7, 11) is -2.49. The van der Waals surface area contributed by atoms with E-state index in [1.807, 2.05) is 0 Å². The maximum atomic E-state index is 12.5. The summed E-state index contributed by atoms with van der Waals surface area (Å²) in [4.78, 5) is 11.4. The van der Waals surface area contributed by atoms with Crippen LogP contribution in [0.1, 0.15) is 16.1 Å². The van der Waals surface area contributed by atoms with Crippen LogP contribution in [0.5, 0.6) is 0 Å². The zero-order valence-electron chi connectivity index (χ0n) is 11.1. The predicted molar refractivity (Wildman–Crippen MR) is 88.6 cm³/mol. The monoisotopic (exact) mass is 438 g/mol. The first kappa shape index (κ1) is 16.2. The molecule has 0 fully saturated rings. The molecule has 21 heavy (non-hydrogen) atoms. The second-order valence-electron chi connectivity index (χ2n) is 4.18. The molecule has 0 aliphatic carbocycles. The van der Waals surface area contributed by atoms with Crippen LogP contribution in [0.15, 0.2) is 29.2 Å². The van der Waals surface area contributed by atoms with Crippen molar-refractivity contribution in [2.75, 3.05) is 11.4 Å². The summed E-state index contributed by atoms with van der Waals surface area (Å²) < 4.78 is 30.9. The summed E-state index contributed by atoms with van der Waals surface area (Å²) in [6, 6.07) is 6.33. The van der Waals surface area contributed by atoms with E-state index in [0.717, 1.165) is 19.4 Å². The zero-order valence-corrected chi connectivity index (χ0v) is 14.9. The smallest absolute Gasteiger partial charge is 0.340 e. The van der Waals surface area contributed by atoms with Gasteiger partial charge in [-0.1, -0.05) is 0 Å². The Labute approximate surface area is 139 Å². The summed E-state index contributed by atoms with van der Waals surface area (Å²) in [6.45, 7) is 1.54. The van der Waals surface area contributed by atoms with E-state index in [-0.39, 0.29) is 15.5 Å². The SMILES string of the molecule is Cc1nsc(N(C)S(=O)(=O)c2ccc(I)cc2)c1C(=O)O. The number of nitrogens with zero attached hydrogens (tertiary/aromatic N) is 2. The van der Waals surface area contributed by atoms with E-state index in [4.69, 9.17) is 0 Å². The molecule has 0 saturated carbocycles. The van der Waals surface area contributed by atoms with E-state index in [0.29, 0.717) is 5.69 Å². The van der Waals surface area contributed by atoms with Gasteiger partial charge in [-0.3, -0.25) is 4.31 Å². The van der Waals surface area contributed by atoms with Crippen molar-refractivity contribution in [3.63, 3.8) is 0 Å². The number of hydrogen-bond donors (Lipinski definition) is 1. The second kappa shape index (κ2) is 5.89. The van der Waals surface area contributed by atoms with Gasteiger partial charge >= 0.3 is 5.97 Å². The van der Waals surface area contributed by atoms with Crippen LogP contribution in [0.2, 0.25) is 0 Å². The van der Waals surface area contributed by atoms with Crippen molar-refractivity contribution in [1.29, 1.82) is 0 Å². The molecule has 0 spiro atoms. The molecule has 1 aromatic heterocycles. The molecule has 0 aliphatic rings. The van der Waals surface area contributed by atoms with Crippen molar-refractivity contribution < 1.29 is 18.3 Å². The highest BCUT2D eigenvalue weighted by Crippen LogP contribution is 2.31. The molecule has 0 bridgehead atoms. The summed E-state index contributed by atoms with van der Waals surface area (Å²) >= 11 is 2.93. The summed E-state index contributed by atoms with van der Waals surface area (Å²) in [6.07, 6.45) is 0. The van der Waals surface area contributed by atoms with Gasteiger partial charge < -0.3 is 5.11 Å². The average molecular weight is 438 g/mol. The standard InChI is InChI=1S/C12H11IN2O4S2/c1-7-10(12(16)17)11(20-14-7)15(2)21(18,19)9-5-3-8(13)4-6-9/h3-6H,1-2H3,(H,16,17). The molecule has 2 rings (SSSR count). The molecule has 0 unspecified atom stereocenters. The lowest BCUT2D eigenvalue weighted by Gasteiger charge is -2.18. The molecule has 0 radical (unpaired) electrons. The Balaban J connectivity index is 2.51. The molecule has 0 amide bonds. The lowest BCUT2D eigenvalue weighted by atomic mass is 10.2. The molecular formula is C12H11IN2O4S2. The fourth-order valence-electron chi connectivity index (χ4n) is 1.69. The molecule has 6 nitrogen and oxygen atoms in total. The fraction of sp³-hybridized carbons (Fsp3) is 0.167. The third-order valence-electron chi connectivity index (χ3n) is 2.82. The molecule has 2 aromatic rings. The third-order valence-corrected chi connectivity index (χ3v) is 6.44. The normalized spacial score (nSPS) is 11.4. The molecule has 0 saturated heterocycles. The van der Waals surface area contributed by atoms with Gasteiger partial charge in [-0.15, -0.1) is 0 Å². The van der Waals surface area contributed by atoms with Gasteiger partial charge in [-0.2, -0.15) is 4.37 Å². The molecular weight excluding hydrogens is 427 g/mol. The highest BCUT2D eigenvalue weighted by atomic mass is 127. The number of aromatic carboxylic acids is 1. The van der Waals surface area contributed by atoms with E-state index in [2.05, 4.69) is 27.0 Å². The number of anilines is 1. The molecule has 1 aromatic carbocycles. The van der Waals surface area contributed by atoms with Gasteiger partial charge in [0.15, 0.2) is 0 Å².